The lowest BCUT2D eigenvalue weighted by atomic mass is 10.1. The van der Waals surface area contributed by atoms with Gasteiger partial charge in [0.2, 0.25) is 5.82 Å². The summed E-state index contributed by atoms with van der Waals surface area (Å²) in [6, 6.07) is 13.6. The van der Waals surface area contributed by atoms with Crippen molar-refractivity contribution in [1.29, 1.82) is 0 Å². The summed E-state index contributed by atoms with van der Waals surface area (Å²) < 4.78 is 7.88. The van der Waals surface area contributed by atoms with Gasteiger partial charge >= 0.3 is 0 Å². The number of rotatable bonds is 3. The fourth-order valence-corrected chi connectivity index (χ4v) is 2.79. The number of anilines is 1. The molecular formula is C18H15BrN6O. The van der Waals surface area contributed by atoms with Gasteiger partial charge < -0.3 is 10.3 Å². The van der Waals surface area contributed by atoms with E-state index in [1.165, 1.54) is 5.56 Å². The van der Waals surface area contributed by atoms with Gasteiger partial charge in [0.15, 0.2) is 11.5 Å². The van der Waals surface area contributed by atoms with Gasteiger partial charge in [-0.15, -0.1) is 5.10 Å². The van der Waals surface area contributed by atoms with E-state index in [0.29, 0.717) is 17.3 Å². The van der Waals surface area contributed by atoms with Crippen molar-refractivity contribution in [2.45, 2.75) is 13.8 Å². The Balaban J connectivity index is 1.70. The first kappa shape index (κ1) is 16.5. The third kappa shape index (κ3) is 2.88. The summed E-state index contributed by atoms with van der Waals surface area (Å²) in [6.45, 7) is 4.09. The summed E-state index contributed by atoms with van der Waals surface area (Å²) in [4.78, 5) is 4.39. The molecule has 26 heavy (non-hydrogen) atoms. The van der Waals surface area contributed by atoms with Crippen molar-refractivity contribution in [3.05, 3.63) is 58.1 Å². The van der Waals surface area contributed by atoms with Gasteiger partial charge in [-0.2, -0.15) is 9.67 Å². The lowest BCUT2D eigenvalue weighted by molar-refractivity contribution is 0.431. The molecule has 2 aromatic carbocycles. The highest BCUT2D eigenvalue weighted by Gasteiger charge is 2.20. The fourth-order valence-electron chi connectivity index (χ4n) is 2.53. The number of nitrogen functional groups attached to an aromatic ring is 1. The average Bonchev–Trinajstić information content (AvgIpc) is 3.25. The number of benzene rings is 2. The van der Waals surface area contributed by atoms with E-state index < -0.39 is 0 Å². The van der Waals surface area contributed by atoms with E-state index in [0.717, 1.165) is 21.3 Å². The molecule has 0 radical (unpaired) electrons. The standard InChI is InChI=1S/C18H15BrN6O/c1-10-3-8-14(9-11(10)2)25-16(20)15(22-24-25)18-21-17(23-26-18)12-4-6-13(19)7-5-12/h3-9H,20H2,1-2H3. The molecule has 4 rings (SSSR count). The van der Waals surface area contributed by atoms with Crippen molar-refractivity contribution in [2.75, 3.05) is 5.73 Å². The SMILES string of the molecule is Cc1ccc(-n2nnc(-c3nc(-c4ccc(Br)cc4)no3)c2N)cc1C. The second-order valence-electron chi connectivity index (χ2n) is 5.93. The monoisotopic (exact) mass is 410 g/mol. The molecular weight excluding hydrogens is 396 g/mol. The van der Waals surface area contributed by atoms with E-state index in [-0.39, 0.29) is 5.89 Å². The molecule has 0 amide bonds. The Morgan fingerprint density at radius 1 is 1.04 bits per heavy atom. The highest BCUT2D eigenvalue weighted by Crippen LogP contribution is 2.27. The van der Waals surface area contributed by atoms with Crippen LogP contribution in [0.2, 0.25) is 0 Å². The molecule has 0 spiro atoms. The fraction of sp³-hybridized carbons (Fsp3) is 0.111. The molecule has 0 saturated carbocycles. The molecule has 8 heteroatoms. The number of hydrogen-bond acceptors (Lipinski definition) is 6. The summed E-state index contributed by atoms with van der Waals surface area (Å²) >= 11 is 3.40. The summed E-state index contributed by atoms with van der Waals surface area (Å²) in [6.07, 6.45) is 0. The Morgan fingerprint density at radius 2 is 1.81 bits per heavy atom. The summed E-state index contributed by atoms with van der Waals surface area (Å²) in [5.74, 6) is 1.04. The van der Waals surface area contributed by atoms with Crippen LogP contribution in [-0.4, -0.2) is 25.1 Å². The lowest BCUT2D eigenvalue weighted by Gasteiger charge is -2.06. The first-order chi connectivity index (χ1) is 12.5. The van der Waals surface area contributed by atoms with Crippen molar-refractivity contribution in [3.63, 3.8) is 0 Å². The Bertz CT molecular complexity index is 1080. The van der Waals surface area contributed by atoms with Crippen LogP contribution in [0.25, 0.3) is 28.7 Å². The molecule has 0 atom stereocenters. The van der Waals surface area contributed by atoms with Crippen LogP contribution in [0.15, 0.2) is 51.5 Å². The number of nitrogens with zero attached hydrogens (tertiary/aromatic N) is 5. The minimum atomic E-state index is 0.232. The molecule has 0 saturated heterocycles. The second kappa shape index (κ2) is 6.38. The molecule has 0 bridgehead atoms. The summed E-state index contributed by atoms with van der Waals surface area (Å²) in [5, 5.41) is 12.3. The summed E-state index contributed by atoms with van der Waals surface area (Å²) in [5.41, 5.74) is 10.6. The average molecular weight is 411 g/mol. The van der Waals surface area contributed by atoms with Crippen LogP contribution in [-0.2, 0) is 0 Å². The predicted octanol–water partition coefficient (Wildman–Crippen LogP) is 3.95. The molecule has 0 fully saturated rings. The van der Waals surface area contributed by atoms with E-state index in [4.69, 9.17) is 10.3 Å². The number of aromatic nitrogens is 5. The third-order valence-electron chi connectivity index (χ3n) is 4.17. The van der Waals surface area contributed by atoms with Gasteiger partial charge in [-0.05, 0) is 61.4 Å². The van der Waals surface area contributed by atoms with E-state index >= 15 is 0 Å². The molecule has 2 N–H and O–H groups in total. The Morgan fingerprint density at radius 3 is 2.54 bits per heavy atom. The molecule has 0 aliphatic heterocycles. The van der Waals surface area contributed by atoms with Crippen LogP contribution in [0.1, 0.15) is 11.1 Å². The van der Waals surface area contributed by atoms with E-state index in [2.05, 4.69) is 43.3 Å². The van der Waals surface area contributed by atoms with Crippen molar-refractivity contribution >= 4 is 21.7 Å². The maximum absolute atomic E-state index is 6.23. The normalized spacial score (nSPS) is 11.0. The van der Waals surface area contributed by atoms with Gasteiger partial charge in [-0.3, -0.25) is 0 Å². The van der Waals surface area contributed by atoms with Gasteiger partial charge in [-0.1, -0.05) is 32.4 Å². The van der Waals surface area contributed by atoms with Crippen LogP contribution in [0, 0.1) is 13.8 Å². The van der Waals surface area contributed by atoms with Gasteiger partial charge in [0, 0.05) is 10.0 Å². The summed E-state index contributed by atoms with van der Waals surface area (Å²) in [7, 11) is 0. The molecule has 7 nitrogen and oxygen atoms in total. The van der Waals surface area contributed by atoms with E-state index in [1.807, 2.05) is 49.4 Å². The van der Waals surface area contributed by atoms with Gasteiger partial charge in [0.1, 0.15) is 0 Å². The van der Waals surface area contributed by atoms with E-state index in [9.17, 15) is 0 Å². The molecule has 2 heterocycles. The van der Waals surface area contributed by atoms with Gasteiger partial charge in [0.05, 0.1) is 5.69 Å². The highest BCUT2D eigenvalue weighted by atomic mass is 79.9. The highest BCUT2D eigenvalue weighted by molar-refractivity contribution is 9.10. The first-order valence-electron chi connectivity index (χ1n) is 7.92. The number of nitrogens with two attached hydrogens (primary N) is 1. The van der Waals surface area contributed by atoms with Crippen LogP contribution >= 0.6 is 15.9 Å². The van der Waals surface area contributed by atoms with Crippen LogP contribution < -0.4 is 5.73 Å². The Labute approximate surface area is 158 Å². The largest absolute Gasteiger partial charge is 0.382 e. The topological polar surface area (TPSA) is 95.6 Å². The van der Waals surface area contributed by atoms with Crippen molar-refractivity contribution in [2.24, 2.45) is 0 Å². The zero-order valence-corrected chi connectivity index (χ0v) is 15.7. The Hall–Kier alpha value is -3.00. The predicted molar refractivity (Wildman–Crippen MR) is 102 cm³/mol. The smallest absolute Gasteiger partial charge is 0.282 e. The Kier molecular flexibility index (Phi) is 4.04. The van der Waals surface area contributed by atoms with Crippen LogP contribution in [0.5, 0.6) is 0 Å². The number of halogens is 1. The molecule has 4 aromatic rings. The molecule has 0 aliphatic carbocycles. The molecule has 0 aliphatic rings. The van der Waals surface area contributed by atoms with Crippen LogP contribution in [0.4, 0.5) is 5.82 Å². The maximum Gasteiger partial charge on any atom is 0.282 e. The zero-order chi connectivity index (χ0) is 18.3. The minimum Gasteiger partial charge on any atom is -0.382 e. The van der Waals surface area contributed by atoms with Crippen molar-refractivity contribution < 1.29 is 4.52 Å². The zero-order valence-electron chi connectivity index (χ0n) is 14.1. The van der Waals surface area contributed by atoms with Crippen molar-refractivity contribution in [3.8, 4) is 28.7 Å². The van der Waals surface area contributed by atoms with Crippen molar-refractivity contribution in [1.82, 2.24) is 25.1 Å². The van der Waals surface area contributed by atoms with Gasteiger partial charge in [0.25, 0.3) is 5.89 Å². The quantitative estimate of drug-likeness (QED) is 0.549. The lowest BCUT2D eigenvalue weighted by Crippen LogP contribution is -2.03. The maximum atomic E-state index is 6.23. The molecule has 2 aromatic heterocycles. The minimum absolute atomic E-state index is 0.232. The second-order valence-corrected chi connectivity index (χ2v) is 6.85. The third-order valence-corrected chi connectivity index (χ3v) is 4.70. The first-order valence-corrected chi connectivity index (χ1v) is 8.71. The van der Waals surface area contributed by atoms with Gasteiger partial charge in [-0.25, -0.2) is 0 Å². The van der Waals surface area contributed by atoms with E-state index in [1.54, 1.807) is 4.68 Å². The van der Waals surface area contributed by atoms with Crippen LogP contribution in [0.3, 0.4) is 0 Å². The number of aryl methyl sites for hydroxylation is 2. The molecule has 130 valence electrons. The number of hydrogen-bond donors (Lipinski definition) is 1. The molecule has 0 unspecified atom stereocenters.